The first-order chi connectivity index (χ1) is 11.5. The van der Waals surface area contributed by atoms with Gasteiger partial charge in [-0.25, -0.2) is 9.97 Å². The van der Waals surface area contributed by atoms with Crippen LogP contribution in [-0.4, -0.2) is 85.4 Å². The summed E-state index contributed by atoms with van der Waals surface area (Å²) in [6.45, 7) is 6.08. The van der Waals surface area contributed by atoms with Crippen LogP contribution in [-0.2, 0) is 4.79 Å². The van der Waals surface area contributed by atoms with Crippen LogP contribution in [0.5, 0.6) is 0 Å². The minimum atomic E-state index is -0.174. The summed E-state index contributed by atoms with van der Waals surface area (Å²) in [5.41, 5.74) is 0.389. The number of hydrogen-bond acceptors (Lipinski definition) is 6. The Morgan fingerprint density at radius 2 is 2.00 bits per heavy atom. The largest absolute Gasteiger partial charge is 0.353 e. The van der Waals surface area contributed by atoms with Gasteiger partial charge in [0.1, 0.15) is 17.3 Å². The number of carbonyl (C=O) groups excluding carboxylic acids is 2. The lowest BCUT2D eigenvalue weighted by Crippen LogP contribution is -2.46. The minimum absolute atomic E-state index is 0.174. The fourth-order valence-electron chi connectivity index (χ4n) is 2.57. The highest BCUT2D eigenvalue weighted by Crippen LogP contribution is 2.15. The van der Waals surface area contributed by atoms with Gasteiger partial charge in [-0.2, -0.15) is 0 Å². The molecule has 8 nitrogen and oxygen atoms in total. The van der Waals surface area contributed by atoms with E-state index in [-0.39, 0.29) is 5.91 Å². The van der Waals surface area contributed by atoms with Gasteiger partial charge in [0, 0.05) is 38.8 Å². The maximum absolute atomic E-state index is 12.3. The van der Waals surface area contributed by atoms with E-state index in [0.29, 0.717) is 44.2 Å². The van der Waals surface area contributed by atoms with E-state index in [1.165, 1.54) is 0 Å². The van der Waals surface area contributed by atoms with Gasteiger partial charge in [0.05, 0.1) is 0 Å². The van der Waals surface area contributed by atoms with E-state index >= 15 is 0 Å². The summed E-state index contributed by atoms with van der Waals surface area (Å²) in [7, 11) is 4.01. The second kappa shape index (κ2) is 8.58. The SMILES string of the molecule is Cc1nc(C(=O)NCCCN(C)C)cc(N2CCN(C=O)CC2)n1. The average molecular weight is 334 g/mol. The predicted molar refractivity (Wildman–Crippen MR) is 92.1 cm³/mol. The standard InChI is InChI=1S/C16H26N6O2/c1-13-18-14(16(24)17-5-4-6-20(2)3)11-15(19-13)22-9-7-21(12-23)8-10-22/h11-12H,4-10H2,1-3H3,(H,17,24). The zero-order valence-corrected chi connectivity index (χ0v) is 14.7. The number of rotatable bonds is 7. The highest BCUT2D eigenvalue weighted by Gasteiger charge is 2.19. The van der Waals surface area contributed by atoms with E-state index in [2.05, 4.69) is 25.1 Å². The van der Waals surface area contributed by atoms with Gasteiger partial charge in [-0.3, -0.25) is 9.59 Å². The number of carbonyl (C=O) groups is 2. The number of aromatic nitrogens is 2. The van der Waals surface area contributed by atoms with Gasteiger partial charge in [0.15, 0.2) is 0 Å². The molecule has 2 heterocycles. The number of hydrogen-bond donors (Lipinski definition) is 1. The zero-order valence-electron chi connectivity index (χ0n) is 14.7. The van der Waals surface area contributed by atoms with Gasteiger partial charge in [-0.15, -0.1) is 0 Å². The summed E-state index contributed by atoms with van der Waals surface area (Å²) in [6, 6.07) is 1.73. The maximum Gasteiger partial charge on any atom is 0.270 e. The molecule has 1 aromatic heterocycles. The minimum Gasteiger partial charge on any atom is -0.353 e. The molecule has 0 radical (unpaired) electrons. The molecule has 0 spiro atoms. The van der Waals surface area contributed by atoms with Crippen molar-refractivity contribution in [2.45, 2.75) is 13.3 Å². The van der Waals surface area contributed by atoms with Crippen LogP contribution in [0.2, 0.25) is 0 Å². The molecule has 0 aromatic carbocycles. The van der Waals surface area contributed by atoms with Crippen molar-refractivity contribution < 1.29 is 9.59 Å². The number of piperazine rings is 1. The molecule has 1 N–H and O–H groups in total. The van der Waals surface area contributed by atoms with Gasteiger partial charge in [0.2, 0.25) is 6.41 Å². The molecule has 2 rings (SSSR count). The Morgan fingerprint density at radius 1 is 1.29 bits per heavy atom. The third-order valence-corrected chi connectivity index (χ3v) is 3.91. The molecule has 0 atom stereocenters. The molecule has 0 bridgehead atoms. The monoisotopic (exact) mass is 334 g/mol. The van der Waals surface area contributed by atoms with Crippen LogP contribution < -0.4 is 10.2 Å². The summed E-state index contributed by atoms with van der Waals surface area (Å²) in [6.07, 6.45) is 1.76. The van der Waals surface area contributed by atoms with E-state index in [9.17, 15) is 9.59 Å². The van der Waals surface area contributed by atoms with Gasteiger partial charge in [0.25, 0.3) is 5.91 Å². The van der Waals surface area contributed by atoms with Crippen molar-refractivity contribution >= 4 is 18.1 Å². The first-order valence-corrected chi connectivity index (χ1v) is 8.22. The lowest BCUT2D eigenvalue weighted by atomic mass is 10.3. The molecule has 24 heavy (non-hydrogen) atoms. The van der Waals surface area contributed by atoms with E-state index in [1.807, 2.05) is 14.1 Å². The topological polar surface area (TPSA) is 81.7 Å². The summed E-state index contributed by atoms with van der Waals surface area (Å²) in [5, 5.41) is 2.90. The highest BCUT2D eigenvalue weighted by molar-refractivity contribution is 5.92. The van der Waals surface area contributed by atoms with Gasteiger partial charge < -0.3 is 20.0 Å². The Balaban J connectivity index is 1.97. The van der Waals surface area contributed by atoms with Gasteiger partial charge in [-0.1, -0.05) is 0 Å². The summed E-state index contributed by atoms with van der Waals surface area (Å²) >= 11 is 0. The van der Waals surface area contributed by atoms with Gasteiger partial charge in [-0.05, 0) is 34.0 Å². The summed E-state index contributed by atoms with van der Waals surface area (Å²) in [4.78, 5) is 37.7. The number of amides is 2. The van der Waals surface area contributed by atoms with Crippen molar-refractivity contribution in [1.29, 1.82) is 0 Å². The zero-order chi connectivity index (χ0) is 17.5. The first kappa shape index (κ1) is 18.1. The Labute approximate surface area is 142 Å². The van der Waals surface area contributed by atoms with E-state index < -0.39 is 0 Å². The smallest absolute Gasteiger partial charge is 0.270 e. The molecule has 1 aromatic rings. The third-order valence-electron chi connectivity index (χ3n) is 3.91. The second-order valence-electron chi connectivity index (χ2n) is 6.20. The van der Waals surface area contributed by atoms with Crippen molar-refractivity contribution in [2.75, 3.05) is 58.3 Å². The molecule has 1 aliphatic heterocycles. The molecule has 1 aliphatic rings. The summed E-state index contributed by atoms with van der Waals surface area (Å²) < 4.78 is 0. The van der Waals surface area contributed by atoms with Crippen molar-refractivity contribution in [2.24, 2.45) is 0 Å². The quantitative estimate of drug-likeness (QED) is 0.547. The van der Waals surface area contributed by atoms with Gasteiger partial charge >= 0.3 is 0 Å². The van der Waals surface area contributed by atoms with Crippen LogP contribution in [0.4, 0.5) is 5.82 Å². The van der Waals surface area contributed by atoms with Crippen LogP contribution in [0.15, 0.2) is 6.07 Å². The van der Waals surface area contributed by atoms with Crippen molar-refractivity contribution in [3.05, 3.63) is 17.6 Å². The third kappa shape index (κ3) is 5.16. The fraction of sp³-hybridized carbons (Fsp3) is 0.625. The van der Waals surface area contributed by atoms with Crippen molar-refractivity contribution in [1.82, 2.24) is 25.1 Å². The molecule has 8 heteroatoms. The average Bonchev–Trinajstić information content (AvgIpc) is 2.58. The molecule has 0 unspecified atom stereocenters. The van der Waals surface area contributed by atoms with E-state index in [4.69, 9.17) is 0 Å². The molecule has 1 fully saturated rings. The molecule has 132 valence electrons. The second-order valence-corrected chi connectivity index (χ2v) is 6.20. The van der Waals surface area contributed by atoms with Crippen LogP contribution in [0.25, 0.3) is 0 Å². The maximum atomic E-state index is 12.3. The van der Waals surface area contributed by atoms with E-state index in [1.54, 1.807) is 17.9 Å². The molecular formula is C16H26N6O2. The van der Waals surface area contributed by atoms with Crippen LogP contribution in [0.1, 0.15) is 22.7 Å². The number of anilines is 1. The lowest BCUT2D eigenvalue weighted by molar-refractivity contribution is -0.118. The Kier molecular flexibility index (Phi) is 6.48. The number of aryl methyl sites for hydroxylation is 1. The predicted octanol–water partition coefficient (Wildman–Crippen LogP) is -0.255. The number of nitrogens with zero attached hydrogens (tertiary/aromatic N) is 5. The Hall–Kier alpha value is -2.22. The van der Waals surface area contributed by atoms with Crippen LogP contribution in [0, 0.1) is 6.92 Å². The van der Waals surface area contributed by atoms with Crippen LogP contribution >= 0.6 is 0 Å². The van der Waals surface area contributed by atoms with Crippen LogP contribution in [0.3, 0.4) is 0 Å². The first-order valence-electron chi connectivity index (χ1n) is 8.22. The Bertz CT molecular complexity index is 570. The number of nitrogens with one attached hydrogen (secondary N) is 1. The summed E-state index contributed by atoms with van der Waals surface area (Å²) in [5.74, 6) is 1.14. The van der Waals surface area contributed by atoms with Crippen molar-refractivity contribution in [3.63, 3.8) is 0 Å². The molecule has 0 aliphatic carbocycles. The fourth-order valence-corrected chi connectivity index (χ4v) is 2.57. The molecule has 2 amide bonds. The highest BCUT2D eigenvalue weighted by atomic mass is 16.2. The van der Waals surface area contributed by atoms with E-state index in [0.717, 1.165) is 25.2 Å². The molecular weight excluding hydrogens is 308 g/mol. The van der Waals surface area contributed by atoms with Crippen molar-refractivity contribution in [3.8, 4) is 0 Å². The molecule has 0 saturated carbocycles. The lowest BCUT2D eigenvalue weighted by Gasteiger charge is -2.33. The normalized spacial score (nSPS) is 14.8. The Morgan fingerprint density at radius 3 is 2.62 bits per heavy atom. The molecule has 1 saturated heterocycles.